The molecule has 0 spiro atoms. The molecule has 0 saturated carbocycles. The van der Waals surface area contributed by atoms with E-state index in [1.165, 1.54) is 0 Å². The van der Waals surface area contributed by atoms with E-state index in [-0.39, 0.29) is 28.4 Å². The van der Waals surface area contributed by atoms with Gasteiger partial charge in [-0.15, -0.1) is 0 Å². The lowest BCUT2D eigenvalue weighted by atomic mass is 9.99. The monoisotopic (exact) mass is 313 g/mol. The fourth-order valence-electron chi connectivity index (χ4n) is 2.39. The highest BCUT2D eigenvalue weighted by Gasteiger charge is 2.27. The first-order chi connectivity index (χ1) is 10.0. The molecule has 1 amide bonds. The number of hydrogen-bond acceptors (Lipinski definition) is 5. The lowest BCUT2D eigenvalue weighted by Gasteiger charge is -2.17. The van der Waals surface area contributed by atoms with Crippen molar-refractivity contribution in [3.05, 3.63) is 33.1 Å². The van der Waals surface area contributed by atoms with Crippen LogP contribution in [0, 0.1) is 16.0 Å². The quantitative estimate of drug-likeness (QED) is 0.511. The van der Waals surface area contributed by atoms with Gasteiger partial charge >= 0.3 is 0 Å². The van der Waals surface area contributed by atoms with Crippen molar-refractivity contribution >= 4 is 23.2 Å². The summed E-state index contributed by atoms with van der Waals surface area (Å²) in [5.74, 6) is -0.206. The molecule has 2 unspecified atom stereocenters. The first kappa shape index (κ1) is 15.7. The summed E-state index contributed by atoms with van der Waals surface area (Å²) in [5.41, 5.74) is -0.252. The van der Waals surface area contributed by atoms with E-state index < -0.39 is 10.8 Å². The molecule has 1 N–H and O–H groups in total. The second kappa shape index (κ2) is 6.82. The molecule has 7 nitrogen and oxygen atoms in total. The van der Waals surface area contributed by atoms with Crippen LogP contribution in [0.1, 0.15) is 30.1 Å². The summed E-state index contributed by atoms with van der Waals surface area (Å²) in [5, 5.41) is 13.4. The Morgan fingerprint density at radius 3 is 3.10 bits per heavy atom. The van der Waals surface area contributed by atoms with Gasteiger partial charge < -0.3 is 10.1 Å². The lowest BCUT2D eigenvalue weighted by Crippen LogP contribution is -2.33. The predicted molar refractivity (Wildman–Crippen MR) is 76.4 cm³/mol. The molecule has 0 bridgehead atoms. The Bertz CT molecular complexity index is 552. The van der Waals surface area contributed by atoms with Gasteiger partial charge in [0.2, 0.25) is 0 Å². The SMILES string of the molecule is CCC1OCCC1CNC(=O)c1cc([N+](=O)[O-])cnc1Cl. The summed E-state index contributed by atoms with van der Waals surface area (Å²) in [6.45, 7) is 3.18. The average Bonchev–Trinajstić information content (AvgIpc) is 2.92. The topological polar surface area (TPSA) is 94.4 Å². The van der Waals surface area contributed by atoms with Crippen LogP contribution in [0.3, 0.4) is 0 Å². The molecule has 0 aromatic carbocycles. The van der Waals surface area contributed by atoms with Crippen LogP contribution >= 0.6 is 11.6 Å². The molecule has 0 aliphatic carbocycles. The third kappa shape index (κ3) is 3.68. The minimum Gasteiger partial charge on any atom is -0.378 e. The number of nitrogens with zero attached hydrogens (tertiary/aromatic N) is 2. The molecule has 1 aromatic heterocycles. The summed E-state index contributed by atoms with van der Waals surface area (Å²) < 4.78 is 5.55. The third-order valence-electron chi connectivity index (χ3n) is 3.55. The zero-order valence-corrected chi connectivity index (χ0v) is 12.3. The third-order valence-corrected chi connectivity index (χ3v) is 3.85. The van der Waals surface area contributed by atoms with E-state index in [1.54, 1.807) is 0 Å². The number of halogens is 1. The van der Waals surface area contributed by atoms with Crippen LogP contribution in [0.2, 0.25) is 5.15 Å². The summed E-state index contributed by atoms with van der Waals surface area (Å²) in [6.07, 6.45) is 2.94. The maximum Gasteiger partial charge on any atom is 0.288 e. The highest BCUT2D eigenvalue weighted by atomic mass is 35.5. The van der Waals surface area contributed by atoms with Crippen LogP contribution < -0.4 is 5.32 Å². The van der Waals surface area contributed by atoms with Crippen molar-refractivity contribution in [3.63, 3.8) is 0 Å². The Kier molecular flexibility index (Phi) is 5.08. The Labute approximate surface area is 126 Å². The van der Waals surface area contributed by atoms with Crippen molar-refractivity contribution in [1.29, 1.82) is 0 Å². The number of ether oxygens (including phenoxy) is 1. The standard InChI is InChI=1S/C13H16ClN3O4/c1-2-11-8(3-4-21-11)6-16-13(18)10-5-9(17(19)20)7-15-12(10)14/h5,7-8,11H,2-4,6H2,1H3,(H,16,18). The van der Waals surface area contributed by atoms with Crippen LogP contribution in [-0.4, -0.2) is 35.1 Å². The largest absolute Gasteiger partial charge is 0.378 e. The lowest BCUT2D eigenvalue weighted by molar-refractivity contribution is -0.385. The van der Waals surface area contributed by atoms with Gasteiger partial charge in [0.1, 0.15) is 11.3 Å². The van der Waals surface area contributed by atoms with E-state index in [2.05, 4.69) is 10.3 Å². The van der Waals surface area contributed by atoms with E-state index in [4.69, 9.17) is 16.3 Å². The number of carbonyl (C=O) groups is 1. The molecule has 114 valence electrons. The first-order valence-corrected chi connectivity index (χ1v) is 7.10. The van der Waals surface area contributed by atoms with Crippen LogP contribution in [0.25, 0.3) is 0 Å². The molecule has 0 radical (unpaired) electrons. The number of amides is 1. The van der Waals surface area contributed by atoms with E-state index in [0.717, 1.165) is 25.1 Å². The van der Waals surface area contributed by atoms with Gasteiger partial charge in [-0.25, -0.2) is 4.98 Å². The molecule has 1 aliphatic rings. The van der Waals surface area contributed by atoms with E-state index in [1.807, 2.05) is 6.92 Å². The van der Waals surface area contributed by atoms with Crippen molar-refractivity contribution in [1.82, 2.24) is 10.3 Å². The molecule has 8 heteroatoms. The van der Waals surface area contributed by atoms with Gasteiger partial charge in [0, 0.05) is 25.1 Å². The molecular weight excluding hydrogens is 298 g/mol. The van der Waals surface area contributed by atoms with Crippen LogP contribution in [0.5, 0.6) is 0 Å². The van der Waals surface area contributed by atoms with E-state index in [0.29, 0.717) is 13.2 Å². The maximum absolute atomic E-state index is 12.1. The van der Waals surface area contributed by atoms with Gasteiger partial charge in [-0.1, -0.05) is 18.5 Å². The number of carbonyl (C=O) groups excluding carboxylic acids is 1. The number of pyridine rings is 1. The van der Waals surface area contributed by atoms with Crippen LogP contribution in [-0.2, 0) is 4.74 Å². The van der Waals surface area contributed by atoms with Crippen molar-refractivity contribution in [2.45, 2.75) is 25.9 Å². The van der Waals surface area contributed by atoms with Crippen LogP contribution in [0.15, 0.2) is 12.3 Å². The second-order valence-electron chi connectivity index (χ2n) is 4.87. The summed E-state index contributed by atoms with van der Waals surface area (Å²) >= 11 is 5.83. The minimum absolute atomic E-state index is 0.0119. The summed E-state index contributed by atoms with van der Waals surface area (Å²) in [7, 11) is 0. The molecule has 1 aromatic rings. The highest BCUT2D eigenvalue weighted by molar-refractivity contribution is 6.32. The maximum atomic E-state index is 12.1. The molecular formula is C13H16ClN3O4. The van der Waals surface area contributed by atoms with Gasteiger partial charge in [0.05, 0.1) is 16.6 Å². The Morgan fingerprint density at radius 2 is 2.43 bits per heavy atom. The zero-order valence-electron chi connectivity index (χ0n) is 11.5. The molecule has 1 aliphatic heterocycles. The molecule has 1 fully saturated rings. The van der Waals surface area contributed by atoms with Gasteiger partial charge in [-0.05, 0) is 12.8 Å². The Hall–Kier alpha value is -1.73. The fourth-order valence-corrected chi connectivity index (χ4v) is 2.58. The normalized spacial score (nSPS) is 21.2. The Morgan fingerprint density at radius 1 is 1.67 bits per heavy atom. The number of hydrogen-bond donors (Lipinski definition) is 1. The van der Waals surface area contributed by atoms with E-state index >= 15 is 0 Å². The predicted octanol–water partition coefficient (Wildman–Crippen LogP) is 2.19. The van der Waals surface area contributed by atoms with Crippen molar-refractivity contribution in [2.75, 3.05) is 13.2 Å². The van der Waals surface area contributed by atoms with E-state index in [9.17, 15) is 14.9 Å². The smallest absolute Gasteiger partial charge is 0.288 e. The van der Waals surface area contributed by atoms with Crippen molar-refractivity contribution < 1.29 is 14.5 Å². The molecule has 1 saturated heterocycles. The minimum atomic E-state index is -0.613. The fraction of sp³-hybridized carbons (Fsp3) is 0.538. The van der Waals surface area contributed by atoms with Gasteiger partial charge in [0.25, 0.3) is 11.6 Å². The first-order valence-electron chi connectivity index (χ1n) is 6.72. The summed E-state index contributed by atoms with van der Waals surface area (Å²) in [4.78, 5) is 25.9. The van der Waals surface area contributed by atoms with Gasteiger partial charge in [0.15, 0.2) is 0 Å². The van der Waals surface area contributed by atoms with Gasteiger partial charge in [-0.3, -0.25) is 14.9 Å². The average molecular weight is 314 g/mol. The Balaban J connectivity index is 2.03. The molecule has 2 atom stereocenters. The number of aromatic nitrogens is 1. The number of nitrogens with one attached hydrogen (secondary N) is 1. The molecule has 2 heterocycles. The molecule has 21 heavy (non-hydrogen) atoms. The zero-order chi connectivity index (χ0) is 15.4. The highest BCUT2D eigenvalue weighted by Crippen LogP contribution is 2.23. The van der Waals surface area contributed by atoms with Crippen molar-refractivity contribution in [3.8, 4) is 0 Å². The second-order valence-corrected chi connectivity index (χ2v) is 5.22. The van der Waals surface area contributed by atoms with Gasteiger partial charge in [-0.2, -0.15) is 0 Å². The summed E-state index contributed by atoms with van der Waals surface area (Å²) in [6, 6.07) is 1.13. The molecule has 2 rings (SSSR count). The van der Waals surface area contributed by atoms with Crippen molar-refractivity contribution in [2.24, 2.45) is 5.92 Å². The number of rotatable bonds is 5. The van der Waals surface area contributed by atoms with Crippen LogP contribution in [0.4, 0.5) is 5.69 Å². The number of nitro groups is 1.